The van der Waals surface area contributed by atoms with Gasteiger partial charge in [-0.1, -0.05) is 42.8 Å². The normalized spacial score (nSPS) is 18.2. The number of anilines is 1. The van der Waals surface area contributed by atoms with Gasteiger partial charge in [-0.3, -0.25) is 0 Å². The molecule has 1 aromatic heterocycles. The summed E-state index contributed by atoms with van der Waals surface area (Å²) in [4.78, 5) is 8.80. The average molecular weight is 461 g/mol. The van der Waals surface area contributed by atoms with Gasteiger partial charge in [-0.15, -0.1) is 0 Å². The van der Waals surface area contributed by atoms with E-state index in [4.69, 9.17) is 0 Å². The molecule has 2 aromatic carbocycles. The number of sulfonamides is 1. The molecule has 0 bridgehead atoms. The maximum Gasteiger partial charge on any atom is 0.244 e. The van der Waals surface area contributed by atoms with E-state index in [9.17, 15) is 8.42 Å². The van der Waals surface area contributed by atoms with Crippen LogP contribution >= 0.6 is 15.9 Å². The van der Waals surface area contributed by atoms with Gasteiger partial charge in [0.25, 0.3) is 0 Å². The van der Waals surface area contributed by atoms with Crippen molar-refractivity contribution >= 4 is 42.7 Å². The molecule has 6 nitrogen and oxygen atoms in total. The molecular weight excluding hydrogens is 440 g/mol. The third kappa shape index (κ3) is 3.90. The number of benzene rings is 2. The van der Waals surface area contributed by atoms with Crippen LogP contribution in [0.5, 0.6) is 0 Å². The smallest absolute Gasteiger partial charge is 0.244 e. The number of halogens is 1. The minimum atomic E-state index is -3.60. The molecule has 1 fully saturated rings. The van der Waals surface area contributed by atoms with Crippen LogP contribution in [0.4, 0.5) is 5.95 Å². The zero-order valence-corrected chi connectivity index (χ0v) is 17.7. The molecular formula is C20H21BrN4O2S. The molecule has 0 aliphatic carbocycles. The Bertz CT molecular complexity index is 1070. The number of fused-ring (bicyclic) bond motifs is 1. The number of hydrogen-bond donors (Lipinski definition) is 1. The average Bonchev–Trinajstić information content (AvgIpc) is 2.73. The van der Waals surface area contributed by atoms with Gasteiger partial charge in [-0.2, -0.15) is 4.31 Å². The van der Waals surface area contributed by atoms with Crippen molar-refractivity contribution in [2.45, 2.75) is 30.2 Å². The van der Waals surface area contributed by atoms with Crippen LogP contribution in [0.3, 0.4) is 0 Å². The van der Waals surface area contributed by atoms with Gasteiger partial charge in [0.2, 0.25) is 16.0 Å². The van der Waals surface area contributed by atoms with Crippen LogP contribution in [-0.4, -0.2) is 41.8 Å². The Kier molecular flexibility index (Phi) is 5.61. The lowest BCUT2D eigenvalue weighted by molar-refractivity contribution is 0.262. The summed E-state index contributed by atoms with van der Waals surface area (Å²) in [7, 11) is -3.60. The molecule has 146 valence electrons. The van der Waals surface area contributed by atoms with E-state index in [0.717, 1.165) is 34.5 Å². The predicted octanol–water partition coefficient (Wildman–Crippen LogP) is 4.05. The molecule has 3 aromatic rings. The Morgan fingerprint density at radius 2 is 1.82 bits per heavy atom. The minimum absolute atomic E-state index is 0.134. The number of rotatable bonds is 5. The SMILES string of the molecule is O=S(=O)(c1cccc2ccccc12)N1CCCCC1CNc1ncc(Br)cn1. The topological polar surface area (TPSA) is 75.2 Å². The summed E-state index contributed by atoms with van der Waals surface area (Å²) in [5.41, 5.74) is 0. The fraction of sp³-hybridized carbons (Fsp3) is 0.300. The number of nitrogens with one attached hydrogen (secondary N) is 1. The Balaban J connectivity index is 1.61. The van der Waals surface area contributed by atoms with E-state index in [1.807, 2.05) is 36.4 Å². The summed E-state index contributed by atoms with van der Waals surface area (Å²) in [5.74, 6) is 0.497. The molecule has 1 aliphatic heterocycles. The summed E-state index contributed by atoms with van der Waals surface area (Å²) in [6.07, 6.45) is 6.03. The Labute approximate surface area is 173 Å². The summed E-state index contributed by atoms with van der Waals surface area (Å²) in [6, 6.07) is 12.9. The van der Waals surface area contributed by atoms with Crippen LogP contribution in [-0.2, 0) is 10.0 Å². The highest BCUT2D eigenvalue weighted by molar-refractivity contribution is 9.10. The van der Waals surface area contributed by atoms with Crippen LogP contribution in [0.2, 0.25) is 0 Å². The van der Waals surface area contributed by atoms with Gasteiger partial charge in [0.05, 0.1) is 9.37 Å². The first kappa shape index (κ1) is 19.3. The molecule has 8 heteroatoms. The Morgan fingerprint density at radius 1 is 1.07 bits per heavy atom. The summed E-state index contributed by atoms with van der Waals surface area (Å²) < 4.78 is 29.5. The Morgan fingerprint density at radius 3 is 2.64 bits per heavy atom. The van der Waals surface area contributed by atoms with E-state index in [-0.39, 0.29) is 6.04 Å². The number of nitrogens with zero attached hydrogens (tertiary/aromatic N) is 3. The molecule has 4 rings (SSSR count). The molecule has 0 amide bonds. The summed E-state index contributed by atoms with van der Waals surface area (Å²) >= 11 is 3.31. The third-order valence-corrected chi connectivity index (χ3v) is 7.45. The first-order valence-corrected chi connectivity index (χ1v) is 11.5. The molecule has 2 heterocycles. The number of piperidine rings is 1. The summed E-state index contributed by atoms with van der Waals surface area (Å²) in [5, 5.41) is 4.87. The van der Waals surface area contributed by atoms with E-state index in [0.29, 0.717) is 23.9 Å². The second-order valence-electron chi connectivity index (χ2n) is 6.85. The van der Waals surface area contributed by atoms with Crippen LogP contribution in [0.15, 0.2) is 64.2 Å². The van der Waals surface area contributed by atoms with Crippen molar-refractivity contribution < 1.29 is 8.42 Å². The first-order valence-electron chi connectivity index (χ1n) is 9.27. The third-order valence-electron chi connectivity index (χ3n) is 5.03. The maximum atomic E-state index is 13.5. The fourth-order valence-electron chi connectivity index (χ4n) is 3.65. The lowest BCUT2D eigenvalue weighted by Gasteiger charge is -2.35. The van der Waals surface area contributed by atoms with Crippen molar-refractivity contribution in [3.8, 4) is 0 Å². The van der Waals surface area contributed by atoms with E-state index < -0.39 is 10.0 Å². The highest BCUT2D eigenvalue weighted by Gasteiger charge is 2.34. The lowest BCUT2D eigenvalue weighted by atomic mass is 10.1. The number of aromatic nitrogens is 2. The first-order chi connectivity index (χ1) is 13.6. The molecule has 0 saturated carbocycles. The zero-order chi connectivity index (χ0) is 19.6. The summed E-state index contributed by atoms with van der Waals surface area (Å²) in [6.45, 7) is 1.00. The van der Waals surface area contributed by atoms with Gasteiger partial charge in [0.1, 0.15) is 0 Å². The van der Waals surface area contributed by atoms with Gasteiger partial charge >= 0.3 is 0 Å². The predicted molar refractivity (Wildman–Crippen MR) is 114 cm³/mol. The van der Waals surface area contributed by atoms with E-state index in [1.54, 1.807) is 22.8 Å². The van der Waals surface area contributed by atoms with Gasteiger partial charge < -0.3 is 5.32 Å². The van der Waals surface area contributed by atoms with E-state index in [2.05, 4.69) is 31.2 Å². The van der Waals surface area contributed by atoms with Gasteiger partial charge in [-0.25, -0.2) is 18.4 Å². The maximum absolute atomic E-state index is 13.5. The molecule has 0 radical (unpaired) electrons. The standard InChI is InChI=1S/C20H21BrN4O2S/c21-16-12-22-20(23-13-16)24-14-17-8-3-4-11-25(17)28(26,27)19-10-5-7-15-6-1-2-9-18(15)19/h1-2,5-7,9-10,12-13,17H,3-4,8,11,14H2,(H,22,23,24). The van der Waals surface area contributed by atoms with Crippen molar-refractivity contribution in [3.05, 3.63) is 59.3 Å². The van der Waals surface area contributed by atoms with Crippen molar-refractivity contribution in [2.75, 3.05) is 18.4 Å². The van der Waals surface area contributed by atoms with Gasteiger partial charge in [0.15, 0.2) is 0 Å². The van der Waals surface area contributed by atoms with Crippen LogP contribution in [0.1, 0.15) is 19.3 Å². The molecule has 28 heavy (non-hydrogen) atoms. The van der Waals surface area contributed by atoms with Gasteiger partial charge in [0, 0.05) is 36.9 Å². The fourth-order valence-corrected chi connectivity index (χ4v) is 5.77. The van der Waals surface area contributed by atoms with E-state index >= 15 is 0 Å². The second-order valence-corrected chi connectivity index (χ2v) is 9.62. The van der Waals surface area contributed by atoms with E-state index in [1.165, 1.54) is 0 Å². The molecule has 1 unspecified atom stereocenters. The minimum Gasteiger partial charge on any atom is -0.353 e. The van der Waals surface area contributed by atoms with Crippen molar-refractivity contribution in [1.82, 2.24) is 14.3 Å². The Hall–Kier alpha value is -2.03. The molecule has 0 spiro atoms. The van der Waals surface area contributed by atoms with Crippen molar-refractivity contribution in [1.29, 1.82) is 0 Å². The molecule has 1 aliphatic rings. The van der Waals surface area contributed by atoms with Crippen LogP contribution in [0, 0.1) is 0 Å². The molecule has 1 saturated heterocycles. The zero-order valence-electron chi connectivity index (χ0n) is 15.3. The highest BCUT2D eigenvalue weighted by Crippen LogP contribution is 2.30. The quantitative estimate of drug-likeness (QED) is 0.621. The van der Waals surface area contributed by atoms with Gasteiger partial charge in [-0.05, 0) is 40.2 Å². The second kappa shape index (κ2) is 8.14. The van der Waals surface area contributed by atoms with Crippen LogP contribution in [0.25, 0.3) is 10.8 Å². The van der Waals surface area contributed by atoms with Crippen LogP contribution < -0.4 is 5.32 Å². The molecule has 1 atom stereocenters. The lowest BCUT2D eigenvalue weighted by Crippen LogP contribution is -2.47. The molecule has 1 N–H and O–H groups in total. The van der Waals surface area contributed by atoms with Crippen molar-refractivity contribution in [3.63, 3.8) is 0 Å². The van der Waals surface area contributed by atoms with Crippen molar-refractivity contribution in [2.24, 2.45) is 0 Å². The monoisotopic (exact) mass is 460 g/mol. The number of hydrogen-bond acceptors (Lipinski definition) is 5. The largest absolute Gasteiger partial charge is 0.353 e. The highest BCUT2D eigenvalue weighted by atomic mass is 79.9.